The number of pyridine rings is 1. The van der Waals surface area contributed by atoms with E-state index in [1.54, 1.807) is 16.7 Å². The fourth-order valence-electron chi connectivity index (χ4n) is 3.09. The van der Waals surface area contributed by atoms with Gasteiger partial charge in [-0.25, -0.2) is 0 Å². The van der Waals surface area contributed by atoms with Crippen LogP contribution in [-0.4, -0.2) is 23.6 Å². The third-order valence-corrected chi connectivity index (χ3v) is 4.46. The topological polar surface area (TPSA) is 60.3 Å². The summed E-state index contributed by atoms with van der Waals surface area (Å²) in [5.41, 5.74) is 1.97. The van der Waals surface area contributed by atoms with Crippen molar-refractivity contribution in [2.45, 2.75) is 26.8 Å². The molecule has 1 N–H and O–H groups in total. The van der Waals surface area contributed by atoms with Gasteiger partial charge in [0.15, 0.2) is 0 Å². The summed E-state index contributed by atoms with van der Waals surface area (Å²) < 4.78 is 7.34. The van der Waals surface area contributed by atoms with Crippen LogP contribution in [0.4, 0.5) is 0 Å². The van der Waals surface area contributed by atoms with Crippen molar-refractivity contribution >= 4 is 5.91 Å². The third kappa shape index (κ3) is 3.20. The third-order valence-electron chi connectivity index (χ3n) is 4.46. The average molecular weight is 326 g/mol. The number of aryl methyl sites for hydroxylation is 1. The van der Waals surface area contributed by atoms with Crippen LogP contribution in [0.25, 0.3) is 0 Å². The van der Waals surface area contributed by atoms with Crippen molar-refractivity contribution in [2.75, 3.05) is 13.2 Å². The van der Waals surface area contributed by atoms with Gasteiger partial charge >= 0.3 is 0 Å². The van der Waals surface area contributed by atoms with Crippen LogP contribution < -0.4 is 15.6 Å². The van der Waals surface area contributed by atoms with Crippen LogP contribution in [-0.2, 0) is 13.0 Å². The van der Waals surface area contributed by atoms with Crippen molar-refractivity contribution in [2.24, 2.45) is 5.92 Å². The Labute approximate surface area is 141 Å². The number of para-hydroxylation sites is 1. The standard InChI is InChI=1S/C19H22N2O3/c1-3-21-13(2)8-9-16(19(21)23)18(22)20-11-14-10-15-6-4-5-7-17(15)24-12-14/h4-9,14H,3,10-12H2,1-2H3,(H,20,22)/t14-/m1/s1. The highest BCUT2D eigenvalue weighted by molar-refractivity contribution is 5.93. The van der Waals surface area contributed by atoms with Gasteiger partial charge in [-0.1, -0.05) is 18.2 Å². The first-order chi connectivity index (χ1) is 11.6. The number of hydrogen-bond acceptors (Lipinski definition) is 3. The van der Waals surface area contributed by atoms with E-state index in [0.29, 0.717) is 19.7 Å². The lowest BCUT2D eigenvalue weighted by atomic mass is 9.96. The molecule has 1 atom stereocenters. The Morgan fingerprint density at radius 1 is 1.29 bits per heavy atom. The quantitative estimate of drug-likeness (QED) is 0.936. The number of aromatic nitrogens is 1. The fraction of sp³-hybridized carbons (Fsp3) is 0.368. The molecule has 126 valence electrons. The molecule has 3 rings (SSSR count). The Balaban J connectivity index is 1.66. The molecule has 2 heterocycles. The highest BCUT2D eigenvalue weighted by Crippen LogP contribution is 2.26. The van der Waals surface area contributed by atoms with E-state index in [0.717, 1.165) is 23.4 Å². The van der Waals surface area contributed by atoms with Gasteiger partial charge in [0.1, 0.15) is 11.3 Å². The fourth-order valence-corrected chi connectivity index (χ4v) is 3.09. The Hall–Kier alpha value is -2.56. The Bertz CT molecular complexity index is 810. The molecule has 0 radical (unpaired) electrons. The Kier molecular flexibility index (Phi) is 4.69. The number of ether oxygens (including phenoxy) is 1. The molecular weight excluding hydrogens is 304 g/mol. The number of hydrogen-bond donors (Lipinski definition) is 1. The molecular formula is C19H22N2O3. The largest absolute Gasteiger partial charge is 0.493 e. The molecule has 5 heteroatoms. The van der Waals surface area contributed by atoms with Gasteiger partial charge in [-0.05, 0) is 44.0 Å². The van der Waals surface area contributed by atoms with Crippen LogP contribution in [0, 0.1) is 12.8 Å². The first-order valence-corrected chi connectivity index (χ1v) is 8.29. The maximum Gasteiger partial charge on any atom is 0.263 e. The van der Waals surface area contributed by atoms with Crippen molar-refractivity contribution < 1.29 is 9.53 Å². The number of nitrogens with one attached hydrogen (secondary N) is 1. The molecule has 1 amide bonds. The maximum atomic E-state index is 12.4. The van der Waals surface area contributed by atoms with Gasteiger partial charge in [0.25, 0.3) is 11.5 Å². The van der Waals surface area contributed by atoms with Crippen molar-refractivity contribution in [1.29, 1.82) is 0 Å². The van der Waals surface area contributed by atoms with Gasteiger partial charge in [-0.2, -0.15) is 0 Å². The van der Waals surface area contributed by atoms with Crippen LogP contribution in [0.2, 0.25) is 0 Å². The number of benzene rings is 1. The van der Waals surface area contributed by atoms with Gasteiger partial charge in [0.2, 0.25) is 0 Å². The van der Waals surface area contributed by atoms with Crippen molar-refractivity contribution in [3.63, 3.8) is 0 Å². The summed E-state index contributed by atoms with van der Waals surface area (Å²) in [6, 6.07) is 11.4. The lowest BCUT2D eigenvalue weighted by Crippen LogP contribution is -2.38. The van der Waals surface area contributed by atoms with Crippen molar-refractivity contribution in [1.82, 2.24) is 9.88 Å². The lowest BCUT2D eigenvalue weighted by molar-refractivity contribution is 0.0937. The summed E-state index contributed by atoms with van der Waals surface area (Å²) in [6.07, 6.45) is 0.865. The van der Waals surface area contributed by atoms with E-state index in [1.807, 2.05) is 38.1 Å². The first-order valence-electron chi connectivity index (χ1n) is 8.29. The lowest BCUT2D eigenvalue weighted by Gasteiger charge is -2.25. The molecule has 0 saturated heterocycles. The number of fused-ring (bicyclic) bond motifs is 1. The van der Waals surface area contributed by atoms with E-state index in [2.05, 4.69) is 5.32 Å². The van der Waals surface area contributed by atoms with Gasteiger partial charge < -0.3 is 14.6 Å². The van der Waals surface area contributed by atoms with E-state index >= 15 is 0 Å². The minimum atomic E-state index is -0.318. The predicted octanol–water partition coefficient (Wildman–Crippen LogP) is 2.16. The van der Waals surface area contributed by atoms with Crippen molar-refractivity contribution in [3.8, 4) is 5.75 Å². The van der Waals surface area contributed by atoms with E-state index in [9.17, 15) is 9.59 Å². The second-order valence-electron chi connectivity index (χ2n) is 6.14. The summed E-state index contributed by atoms with van der Waals surface area (Å²) in [5, 5.41) is 2.88. The molecule has 0 aliphatic carbocycles. The molecule has 0 saturated carbocycles. The summed E-state index contributed by atoms with van der Waals surface area (Å²) in [7, 11) is 0. The monoisotopic (exact) mass is 326 g/mol. The average Bonchev–Trinajstić information content (AvgIpc) is 2.60. The predicted molar refractivity (Wildman–Crippen MR) is 92.6 cm³/mol. The highest BCUT2D eigenvalue weighted by atomic mass is 16.5. The molecule has 1 aromatic heterocycles. The number of carbonyl (C=O) groups is 1. The van der Waals surface area contributed by atoms with Crippen molar-refractivity contribution in [3.05, 3.63) is 63.6 Å². The molecule has 1 aromatic carbocycles. The van der Waals surface area contributed by atoms with E-state index in [4.69, 9.17) is 4.74 Å². The van der Waals surface area contributed by atoms with Crippen LogP contribution in [0.1, 0.15) is 28.5 Å². The molecule has 2 aromatic rings. The molecule has 1 aliphatic rings. The highest BCUT2D eigenvalue weighted by Gasteiger charge is 2.21. The molecule has 1 aliphatic heterocycles. The second-order valence-corrected chi connectivity index (χ2v) is 6.14. The van der Waals surface area contributed by atoms with E-state index < -0.39 is 0 Å². The zero-order valence-corrected chi connectivity index (χ0v) is 14.0. The minimum Gasteiger partial charge on any atom is -0.493 e. The van der Waals surface area contributed by atoms with Crippen LogP contribution >= 0.6 is 0 Å². The smallest absolute Gasteiger partial charge is 0.263 e. The van der Waals surface area contributed by atoms with Gasteiger partial charge in [0.05, 0.1) is 6.61 Å². The zero-order valence-electron chi connectivity index (χ0n) is 14.0. The normalized spacial score (nSPS) is 16.2. The Morgan fingerprint density at radius 3 is 2.88 bits per heavy atom. The summed E-state index contributed by atoms with van der Waals surface area (Å²) >= 11 is 0. The number of nitrogens with zero attached hydrogens (tertiary/aromatic N) is 1. The molecule has 0 fully saturated rings. The first kappa shape index (κ1) is 16.3. The van der Waals surface area contributed by atoms with Gasteiger partial charge in [0, 0.05) is 24.7 Å². The molecule has 5 nitrogen and oxygen atoms in total. The SMILES string of the molecule is CCn1c(C)ccc(C(=O)NC[C@@H]2COc3ccccc3C2)c1=O. The van der Waals surface area contributed by atoms with Gasteiger partial charge in [-0.15, -0.1) is 0 Å². The minimum absolute atomic E-state index is 0.194. The van der Waals surface area contributed by atoms with E-state index in [-0.39, 0.29) is 22.9 Å². The summed E-state index contributed by atoms with van der Waals surface area (Å²) in [6.45, 7) is 5.38. The van der Waals surface area contributed by atoms with E-state index in [1.165, 1.54) is 0 Å². The van der Waals surface area contributed by atoms with Crippen LogP contribution in [0.15, 0.2) is 41.2 Å². The van der Waals surface area contributed by atoms with Crippen LogP contribution in [0.3, 0.4) is 0 Å². The molecule has 0 unspecified atom stereocenters. The van der Waals surface area contributed by atoms with Gasteiger partial charge in [-0.3, -0.25) is 9.59 Å². The van der Waals surface area contributed by atoms with Crippen LogP contribution in [0.5, 0.6) is 5.75 Å². The number of carbonyl (C=O) groups excluding carboxylic acids is 1. The Morgan fingerprint density at radius 2 is 2.08 bits per heavy atom. The summed E-state index contributed by atoms with van der Waals surface area (Å²) in [5.74, 6) is 0.813. The number of amides is 1. The molecule has 24 heavy (non-hydrogen) atoms. The molecule has 0 bridgehead atoms. The number of rotatable bonds is 4. The molecule has 0 spiro atoms. The summed E-state index contributed by atoms with van der Waals surface area (Å²) in [4.78, 5) is 24.7. The second kappa shape index (κ2) is 6.91. The zero-order chi connectivity index (χ0) is 17.1. The maximum absolute atomic E-state index is 12.4.